The van der Waals surface area contributed by atoms with Crippen molar-refractivity contribution < 1.29 is 26.4 Å². The van der Waals surface area contributed by atoms with Gasteiger partial charge in [-0.15, -0.1) is 0 Å². The van der Waals surface area contributed by atoms with E-state index in [-0.39, 0.29) is 29.9 Å². The maximum atomic E-state index is 13.7. The molecule has 3 heterocycles. The van der Waals surface area contributed by atoms with Gasteiger partial charge in [-0.1, -0.05) is 133 Å². The quantitative estimate of drug-likeness (QED) is 0.112. The van der Waals surface area contributed by atoms with Gasteiger partial charge in [0.15, 0.2) is 5.03 Å². The van der Waals surface area contributed by atoms with Crippen LogP contribution in [-0.2, 0) is 40.2 Å². The van der Waals surface area contributed by atoms with Gasteiger partial charge in [0.1, 0.15) is 0 Å². The highest BCUT2D eigenvalue weighted by molar-refractivity contribution is 7.92. The fourth-order valence-corrected chi connectivity index (χ4v) is 11.4. The van der Waals surface area contributed by atoms with E-state index >= 15 is 0 Å². The Bertz CT molecular complexity index is 3030. The number of benzene rings is 6. The first-order chi connectivity index (χ1) is 33.3. The first-order valence-electron chi connectivity index (χ1n) is 23.3. The van der Waals surface area contributed by atoms with Crippen LogP contribution in [0.1, 0.15) is 80.5 Å². The lowest BCUT2D eigenvalue weighted by Crippen LogP contribution is -2.38. The Labute approximate surface area is 406 Å². The summed E-state index contributed by atoms with van der Waals surface area (Å²) in [5, 5.41) is -0.0364. The van der Waals surface area contributed by atoms with Gasteiger partial charge < -0.3 is 14.4 Å². The minimum absolute atomic E-state index is 0.0364. The molecule has 356 valence electrons. The first-order valence-corrected chi connectivity index (χ1v) is 26.6. The lowest BCUT2D eigenvalue weighted by Gasteiger charge is -2.32. The normalized spacial score (nSPS) is 14.6. The van der Waals surface area contributed by atoms with E-state index < -0.39 is 20.0 Å². The maximum Gasteiger partial charge on any atom is 0.283 e. The van der Waals surface area contributed by atoms with Gasteiger partial charge in [-0.3, -0.25) is 18.2 Å². The minimum Gasteiger partial charge on any atom is -0.339 e. The van der Waals surface area contributed by atoms with Gasteiger partial charge in [-0.05, 0) is 96.2 Å². The Hall–Kier alpha value is -7.03. The molecule has 69 heavy (non-hydrogen) atoms. The van der Waals surface area contributed by atoms with Gasteiger partial charge in [0, 0.05) is 50.6 Å². The van der Waals surface area contributed by atoms with Crippen molar-refractivity contribution in [2.75, 3.05) is 41.0 Å². The van der Waals surface area contributed by atoms with Crippen LogP contribution in [0.5, 0.6) is 0 Å². The number of hydrogen-bond donors (Lipinski definition) is 0. The molecule has 0 bridgehead atoms. The smallest absolute Gasteiger partial charge is 0.283 e. The molecule has 2 amide bonds. The van der Waals surface area contributed by atoms with E-state index in [0.29, 0.717) is 60.5 Å². The lowest BCUT2D eigenvalue weighted by atomic mass is 9.89. The number of aromatic nitrogens is 2. The van der Waals surface area contributed by atoms with Crippen LogP contribution in [0.2, 0.25) is 0 Å². The summed E-state index contributed by atoms with van der Waals surface area (Å²) in [5.41, 5.74) is 6.28. The summed E-state index contributed by atoms with van der Waals surface area (Å²) in [7, 11) is -5.74. The number of imidazole rings is 1. The van der Waals surface area contributed by atoms with Gasteiger partial charge in [0.2, 0.25) is 10.0 Å². The monoisotopic (exact) mass is 962 g/mol. The minimum atomic E-state index is -3.96. The Kier molecular flexibility index (Phi) is 15.4. The van der Waals surface area contributed by atoms with E-state index in [2.05, 4.69) is 53.5 Å². The number of amides is 2. The van der Waals surface area contributed by atoms with Crippen molar-refractivity contribution in [3.63, 3.8) is 0 Å². The number of sulfonamides is 2. The van der Waals surface area contributed by atoms with Crippen LogP contribution in [0.3, 0.4) is 0 Å². The molecule has 1 aromatic heterocycles. The molecule has 2 fully saturated rings. The van der Waals surface area contributed by atoms with Crippen molar-refractivity contribution in [3.05, 3.63) is 216 Å². The summed E-state index contributed by atoms with van der Waals surface area (Å²) in [6.45, 7) is 3.08. The van der Waals surface area contributed by atoms with E-state index in [1.807, 2.05) is 82.6 Å². The van der Waals surface area contributed by atoms with Crippen molar-refractivity contribution in [2.45, 2.75) is 55.6 Å². The number of aryl methyl sites for hydroxylation is 1. The molecule has 0 spiro atoms. The summed E-state index contributed by atoms with van der Waals surface area (Å²) < 4.78 is 56.6. The van der Waals surface area contributed by atoms with Crippen LogP contribution in [0.4, 0.5) is 11.4 Å². The summed E-state index contributed by atoms with van der Waals surface area (Å²) in [4.78, 5) is 34.5. The Balaban J connectivity index is 0.000000188. The first kappa shape index (κ1) is 48.4. The fourth-order valence-electron chi connectivity index (χ4n) is 9.08. The molecule has 2 saturated heterocycles. The zero-order valence-corrected chi connectivity index (χ0v) is 40.6. The largest absolute Gasteiger partial charge is 0.339 e. The average molecular weight is 963 g/mol. The highest BCUT2D eigenvalue weighted by Crippen LogP contribution is 2.32. The second-order valence-corrected chi connectivity index (χ2v) is 21.4. The third-order valence-electron chi connectivity index (χ3n) is 12.8. The van der Waals surface area contributed by atoms with Crippen LogP contribution < -0.4 is 8.61 Å². The molecule has 14 heteroatoms. The standard InChI is InChI=1S/C29H30N4O3S.C26H28N2O3S/c1-31-21-28(30-22-31)37(35,36)33(20-23-9-4-2-5-10-23)27-14-8-13-26(19-27)29(34)32-17-15-25(16-18-32)24-11-6-3-7-12-24;1-32(30,31)28(20-21-9-4-2-5-10-21)25-14-8-13-24(19-25)26(29)27-17-15-23(16-18-27)22-11-6-3-7-12-22/h2-14,19,21-22,25H,15-18,20H2,1H3;2-14,19,23H,15-18,20H2,1H3. The predicted molar refractivity (Wildman–Crippen MR) is 272 cm³/mol. The van der Waals surface area contributed by atoms with E-state index in [9.17, 15) is 26.4 Å². The van der Waals surface area contributed by atoms with Gasteiger partial charge in [-0.2, -0.15) is 8.42 Å². The van der Waals surface area contributed by atoms with Gasteiger partial charge >= 0.3 is 0 Å². The number of anilines is 2. The van der Waals surface area contributed by atoms with Crippen molar-refractivity contribution in [1.29, 1.82) is 0 Å². The lowest BCUT2D eigenvalue weighted by molar-refractivity contribution is 0.0705. The molecule has 0 radical (unpaired) electrons. The van der Waals surface area contributed by atoms with E-state index in [4.69, 9.17) is 0 Å². The van der Waals surface area contributed by atoms with Crippen molar-refractivity contribution in [1.82, 2.24) is 19.4 Å². The van der Waals surface area contributed by atoms with Crippen molar-refractivity contribution >= 4 is 43.2 Å². The van der Waals surface area contributed by atoms with Crippen LogP contribution in [-0.4, -0.2) is 80.4 Å². The molecule has 2 aliphatic rings. The molecule has 9 rings (SSSR count). The number of nitrogens with zero attached hydrogens (tertiary/aromatic N) is 6. The van der Waals surface area contributed by atoms with E-state index in [1.54, 1.807) is 60.1 Å². The number of piperidine rings is 2. The molecular weight excluding hydrogens is 905 g/mol. The van der Waals surface area contributed by atoms with E-state index in [1.165, 1.54) is 38.5 Å². The van der Waals surface area contributed by atoms with Crippen LogP contribution in [0, 0.1) is 0 Å². The Morgan fingerprint density at radius 2 is 0.928 bits per heavy atom. The van der Waals surface area contributed by atoms with Crippen LogP contribution >= 0.6 is 0 Å². The number of carbonyl (C=O) groups is 2. The summed E-state index contributed by atoms with van der Waals surface area (Å²) in [5.74, 6) is 0.787. The molecule has 2 aliphatic heterocycles. The third-order valence-corrected chi connectivity index (χ3v) is 15.6. The average Bonchev–Trinajstić information content (AvgIpc) is 3.85. The number of likely N-dealkylation sites (tertiary alicyclic amines) is 2. The Morgan fingerprint density at radius 1 is 0.536 bits per heavy atom. The van der Waals surface area contributed by atoms with E-state index in [0.717, 1.165) is 36.8 Å². The highest BCUT2D eigenvalue weighted by Gasteiger charge is 2.30. The fraction of sp³-hybridized carbons (Fsp3) is 0.255. The molecule has 6 aromatic carbocycles. The molecule has 0 N–H and O–H groups in total. The Morgan fingerprint density at radius 3 is 1.32 bits per heavy atom. The number of carbonyl (C=O) groups excluding carboxylic acids is 2. The highest BCUT2D eigenvalue weighted by atomic mass is 32.2. The van der Waals surface area contributed by atoms with Crippen molar-refractivity contribution in [3.8, 4) is 0 Å². The SMILES string of the molecule is CS(=O)(=O)N(Cc1ccccc1)c1cccc(C(=O)N2CCC(c3ccccc3)CC2)c1.Cn1cnc(S(=O)(=O)N(Cc2ccccc2)c2cccc(C(=O)N3CCC(c4ccccc4)CC3)c2)c1. The topological polar surface area (TPSA) is 133 Å². The van der Waals surface area contributed by atoms with Gasteiger partial charge in [0.25, 0.3) is 21.8 Å². The molecule has 0 aliphatic carbocycles. The zero-order chi connectivity index (χ0) is 48.4. The molecule has 7 aromatic rings. The number of rotatable bonds is 13. The number of hydrogen-bond acceptors (Lipinski definition) is 7. The van der Waals surface area contributed by atoms with Gasteiger partial charge in [-0.25, -0.2) is 13.4 Å². The van der Waals surface area contributed by atoms with Crippen LogP contribution in [0.25, 0.3) is 0 Å². The summed E-state index contributed by atoms with van der Waals surface area (Å²) >= 11 is 0. The third kappa shape index (κ3) is 12.2. The van der Waals surface area contributed by atoms with Gasteiger partial charge in [0.05, 0.1) is 37.0 Å². The molecule has 12 nitrogen and oxygen atoms in total. The summed E-state index contributed by atoms with van der Waals surface area (Å²) in [6, 6.07) is 53.5. The summed E-state index contributed by atoms with van der Waals surface area (Å²) in [6.07, 6.45) is 7.82. The van der Waals surface area contributed by atoms with Crippen molar-refractivity contribution in [2.24, 2.45) is 7.05 Å². The molecule has 0 saturated carbocycles. The predicted octanol–water partition coefficient (Wildman–Crippen LogP) is 9.51. The molecule has 0 unspecified atom stereocenters. The maximum absolute atomic E-state index is 13.7. The second-order valence-electron chi connectivity index (χ2n) is 17.7. The molecule has 0 atom stereocenters. The zero-order valence-electron chi connectivity index (χ0n) is 39.0. The molecular formula is C55H58N6O6S2. The second kappa shape index (κ2) is 21.9. The van der Waals surface area contributed by atoms with Crippen LogP contribution in [0.15, 0.2) is 187 Å².